The number of thiophene rings is 1. The highest BCUT2D eigenvalue weighted by atomic mass is 35.5. The van der Waals surface area contributed by atoms with E-state index in [0.717, 1.165) is 48.1 Å². The Bertz CT molecular complexity index is 666. The molecule has 0 fully saturated rings. The summed E-state index contributed by atoms with van der Waals surface area (Å²) in [5, 5.41) is 12.2. The number of alkyl halides is 1. The molecule has 4 heteroatoms. The lowest BCUT2D eigenvalue weighted by Crippen LogP contribution is -2.36. The molecular formula is C18H21ClO2S. The summed E-state index contributed by atoms with van der Waals surface area (Å²) in [6, 6.07) is 6.21. The standard InChI is InChI=1S/C18H21ClO2S/c1-12-11-15-14(13(2)17(12)20)6-8-18(21-15,7-4-9-19)16-5-3-10-22-16/h3,5,10-11,20H,4,6-9H2,1-2H3. The summed E-state index contributed by atoms with van der Waals surface area (Å²) in [6.07, 6.45) is 3.72. The van der Waals surface area contributed by atoms with Gasteiger partial charge in [-0.2, -0.15) is 0 Å². The first-order chi connectivity index (χ1) is 10.6. The largest absolute Gasteiger partial charge is 0.507 e. The lowest BCUT2D eigenvalue weighted by atomic mass is 9.84. The van der Waals surface area contributed by atoms with E-state index in [9.17, 15) is 5.11 Å². The van der Waals surface area contributed by atoms with Crippen LogP contribution in [0.15, 0.2) is 23.6 Å². The highest BCUT2D eigenvalue weighted by Crippen LogP contribution is 2.47. The Morgan fingerprint density at radius 3 is 2.91 bits per heavy atom. The van der Waals surface area contributed by atoms with Crippen LogP contribution in [-0.4, -0.2) is 11.0 Å². The van der Waals surface area contributed by atoms with Crippen molar-refractivity contribution >= 4 is 22.9 Å². The van der Waals surface area contributed by atoms with Crippen molar-refractivity contribution in [2.24, 2.45) is 0 Å². The van der Waals surface area contributed by atoms with E-state index in [1.54, 1.807) is 11.3 Å². The maximum absolute atomic E-state index is 10.1. The molecule has 1 aromatic carbocycles. The number of halogens is 1. The molecule has 1 aliphatic heterocycles. The number of benzene rings is 1. The van der Waals surface area contributed by atoms with Gasteiger partial charge in [-0.05, 0) is 68.2 Å². The van der Waals surface area contributed by atoms with Gasteiger partial charge in [0, 0.05) is 16.3 Å². The van der Waals surface area contributed by atoms with Gasteiger partial charge in [-0.15, -0.1) is 22.9 Å². The first-order valence-electron chi connectivity index (χ1n) is 7.68. The topological polar surface area (TPSA) is 29.5 Å². The van der Waals surface area contributed by atoms with E-state index in [1.165, 1.54) is 4.88 Å². The lowest BCUT2D eigenvalue weighted by molar-refractivity contribution is 0.0364. The summed E-state index contributed by atoms with van der Waals surface area (Å²) >= 11 is 7.68. The molecule has 0 bridgehead atoms. The summed E-state index contributed by atoms with van der Waals surface area (Å²) < 4.78 is 6.52. The molecule has 0 saturated carbocycles. The molecule has 2 aromatic rings. The number of ether oxygens (including phenoxy) is 1. The summed E-state index contributed by atoms with van der Waals surface area (Å²) in [5.41, 5.74) is 2.69. The van der Waals surface area contributed by atoms with Gasteiger partial charge < -0.3 is 9.84 Å². The Labute approximate surface area is 140 Å². The van der Waals surface area contributed by atoms with Crippen LogP contribution >= 0.6 is 22.9 Å². The molecule has 0 amide bonds. The molecule has 0 radical (unpaired) electrons. The van der Waals surface area contributed by atoms with E-state index in [0.29, 0.717) is 11.6 Å². The Kier molecular flexibility index (Phi) is 4.37. The lowest BCUT2D eigenvalue weighted by Gasteiger charge is -2.39. The molecule has 0 spiro atoms. The average Bonchev–Trinajstić information content (AvgIpc) is 3.05. The molecule has 3 rings (SSSR count). The van der Waals surface area contributed by atoms with E-state index in [1.807, 2.05) is 19.9 Å². The molecule has 22 heavy (non-hydrogen) atoms. The van der Waals surface area contributed by atoms with Crippen LogP contribution < -0.4 is 4.74 Å². The fraction of sp³-hybridized carbons (Fsp3) is 0.444. The van der Waals surface area contributed by atoms with Gasteiger partial charge in [-0.25, -0.2) is 0 Å². The number of rotatable bonds is 4. The van der Waals surface area contributed by atoms with E-state index in [4.69, 9.17) is 16.3 Å². The zero-order valence-electron chi connectivity index (χ0n) is 13.0. The molecular weight excluding hydrogens is 316 g/mol. The number of hydrogen-bond donors (Lipinski definition) is 1. The maximum Gasteiger partial charge on any atom is 0.143 e. The normalized spacial score (nSPS) is 20.5. The van der Waals surface area contributed by atoms with Gasteiger partial charge in [0.1, 0.15) is 17.1 Å². The van der Waals surface area contributed by atoms with Crippen LogP contribution in [0.5, 0.6) is 11.5 Å². The smallest absolute Gasteiger partial charge is 0.143 e. The minimum atomic E-state index is -0.272. The highest BCUT2D eigenvalue weighted by Gasteiger charge is 2.39. The van der Waals surface area contributed by atoms with Crippen LogP contribution in [0.25, 0.3) is 0 Å². The summed E-state index contributed by atoms with van der Waals surface area (Å²) in [6.45, 7) is 3.90. The van der Waals surface area contributed by atoms with Crippen molar-refractivity contribution in [3.8, 4) is 11.5 Å². The molecule has 1 atom stereocenters. The predicted octanol–water partition coefficient (Wildman–Crippen LogP) is 5.31. The van der Waals surface area contributed by atoms with Crippen LogP contribution in [0, 0.1) is 13.8 Å². The SMILES string of the molecule is Cc1cc2c(c(C)c1O)CCC(CCCCl)(c1cccs1)O2. The maximum atomic E-state index is 10.1. The van der Waals surface area contributed by atoms with Crippen molar-refractivity contribution in [3.63, 3.8) is 0 Å². The number of fused-ring (bicyclic) bond motifs is 1. The van der Waals surface area contributed by atoms with Crippen LogP contribution in [0.2, 0.25) is 0 Å². The van der Waals surface area contributed by atoms with Crippen LogP contribution in [0.4, 0.5) is 0 Å². The second-order valence-corrected chi connectivity index (χ2v) is 7.34. The molecule has 1 aliphatic rings. The predicted molar refractivity (Wildman–Crippen MR) is 92.5 cm³/mol. The van der Waals surface area contributed by atoms with Crippen molar-refractivity contribution in [3.05, 3.63) is 45.1 Å². The number of aromatic hydroxyl groups is 1. The Morgan fingerprint density at radius 1 is 1.41 bits per heavy atom. The number of aryl methyl sites for hydroxylation is 1. The van der Waals surface area contributed by atoms with Gasteiger partial charge in [0.05, 0.1) is 0 Å². The molecule has 1 N–H and O–H groups in total. The third-order valence-electron chi connectivity index (χ3n) is 4.60. The molecule has 2 heterocycles. The second kappa shape index (κ2) is 6.13. The summed E-state index contributed by atoms with van der Waals surface area (Å²) in [7, 11) is 0. The van der Waals surface area contributed by atoms with Gasteiger partial charge in [0.15, 0.2) is 0 Å². The van der Waals surface area contributed by atoms with Crippen molar-refractivity contribution in [1.82, 2.24) is 0 Å². The average molecular weight is 337 g/mol. The Hall–Kier alpha value is -1.19. The molecule has 1 unspecified atom stereocenters. The van der Waals surface area contributed by atoms with Crippen molar-refractivity contribution in [1.29, 1.82) is 0 Å². The molecule has 2 nitrogen and oxygen atoms in total. The van der Waals surface area contributed by atoms with Crippen LogP contribution in [0.1, 0.15) is 40.8 Å². The molecule has 118 valence electrons. The fourth-order valence-corrected chi connectivity index (χ4v) is 4.38. The third-order valence-corrected chi connectivity index (χ3v) is 5.92. The first-order valence-corrected chi connectivity index (χ1v) is 9.10. The second-order valence-electron chi connectivity index (χ2n) is 6.01. The van der Waals surface area contributed by atoms with Crippen molar-refractivity contribution in [2.45, 2.75) is 45.1 Å². The van der Waals surface area contributed by atoms with Gasteiger partial charge in [0.25, 0.3) is 0 Å². The first kappa shape index (κ1) is 15.7. The fourth-order valence-electron chi connectivity index (χ4n) is 3.33. The third kappa shape index (κ3) is 2.61. The Balaban J connectivity index is 2.03. The molecule has 0 aliphatic carbocycles. The van der Waals surface area contributed by atoms with Crippen LogP contribution in [0.3, 0.4) is 0 Å². The highest BCUT2D eigenvalue weighted by molar-refractivity contribution is 7.10. The van der Waals surface area contributed by atoms with Gasteiger partial charge in [0.2, 0.25) is 0 Å². The monoisotopic (exact) mass is 336 g/mol. The number of phenols is 1. The quantitative estimate of drug-likeness (QED) is 0.767. The van der Waals surface area contributed by atoms with Gasteiger partial charge in [-0.1, -0.05) is 6.07 Å². The Morgan fingerprint density at radius 2 is 2.23 bits per heavy atom. The van der Waals surface area contributed by atoms with E-state index in [-0.39, 0.29) is 5.60 Å². The zero-order valence-corrected chi connectivity index (χ0v) is 14.6. The summed E-state index contributed by atoms with van der Waals surface area (Å²) in [5.74, 6) is 1.96. The summed E-state index contributed by atoms with van der Waals surface area (Å²) in [4.78, 5) is 1.27. The van der Waals surface area contributed by atoms with E-state index >= 15 is 0 Å². The van der Waals surface area contributed by atoms with Gasteiger partial charge in [-0.3, -0.25) is 0 Å². The van der Waals surface area contributed by atoms with Crippen LogP contribution in [-0.2, 0) is 12.0 Å². The number of phenolic OH excluding ortho intramolecular Hbond substituents is 1. The minimum absolute atomic E-state index is 0.272. The van der Waals surface area contributed by atoms with E-state index < -0.39 is 0 Å². The zero-order chi connectivity index (χ0) is 15.7. The van der Waals surface area contributed by atoms with Crippen molar-refractivity contribution in [2.75, 3.05) is 5.88 Å². The molecule has 1 aromatic heterocycles. The van der Waals surface area contributed by atoms with Crippen molar-refractivity contribution < 1.29 is 9.84 Å². The minimum Gasteiger partial charge on any atom is -0.507 e. The van der Waals surface area contributed by atoms with Gasteiger partial charge >= 0.3 is 0 Å². The van der Waals surface area contributed by atoms with E-state index in [2.05, 4.69) is 17.5 Å². The molecule has 0 saturated heterocycles. The number of hydrogen-bond acceptors (Lipinski definition) is 3.